The Bertz CT molecular complexity index is 1060. The Morgan fingerprint density at radius 3 is 2.37 bits per heavy atom. The highest BCUT2D eigenvalue weighted by Gasteiger charge is 2.23. The van der Waals surface area contributed by atoms with Crippen molar-refractivity contribution in [2.75, 3.05) is 37.9 Å². The molecule has 1 saturated heterocycles. The average molecular weight is 423 g/mol. The summed E-state index contributed by atoms with van der Waals surface area (Å²) in [5, 5.41) is 9.40. The summed E-state index contributed by atoms with van der Waals surface area (Å²) in [6.07, 6.45) is 0. The van der Waals surface area contributed by atoms with Gasteiger partial charge in [0.15, 0.2) is 17.3 Å². The van der Waals surface area contributed by atoms with Gasteiger partial charge in [-0.15, -0.1) is 10.2 Å². The quantitative estimate of drug-likeness (QED) is 0.643. The summed E-state index contributed by atoms with van der Waals surface area (Å²) in [5.74, 6) is 2.29. The van der Waals surface area contributed by atoms with E-state index in [1.165, 1.54) is 0 Å². The van der Waals surface area contributed by atoms with Crippen LogP contribution in [0.15, 0.2) is 54.6 Å². The van der Waals surface area contributed by atoms with E-state index in [0.717, 1.165) is 28.6 Å². The summed E-state index contributed by atoms with van der Waals surface area (Å²) in [4.78, 5) is 16.6. The van der Waals surface area contributed by atoms with E-state index in [1.807, 2.05) is 35.2 Å². The first-order chi connectivity index (χ1) is 14.7. The first kappa shape index (κ1) is 18.7. The van der Waals surface area contributed by atoms with Gasteiger partial charge in [0, 0.05) is 42.3 Å². The summed E-state index contributed by atoms with van der Waals surface area (Å²) in [7, 11) is 0. The van der Waals surface area contributed by atoms with Gasteiger partial charge in [0.25, 0.3) is 5.91 Å². The molecule has 0 N–H and O–H groups in total. The standard InChI is InChI=1S/C22H19ClN4O3/c23-17-4-1-15(2-5-17)22(28)27-11-9-26(10-12-27)21-8-6-18(24-25-21)16-3-7-19-20(13-16)30-14-29-19/h1-8,13H,9-12,14H2. The summed E-state index contributed by atoms with van der Waals surface area (Å²) in [6, 6.07) is 16.6. The van der Waals surface area contributed by atoms with Crippen molar-refractivity contribution in [3.8, 4) is 22.8 Å². The lowest BCUT2D eigenvalue weighted by atomic mass is 10.1. The third-order valence-corrected chi connectivity index (χ3v) is 5.55. The Hall–Kier alpha value is -3.32. The number of carbonyl (C=O) groups is 1. The SMILES string of the molecule is O=C(c1ccc(Cl)cc1)N1CCN(c2ccc(-c3ccc4c(c3)OCO4)nn2)CC1. The summed E-state index contributed by atoms with van der Waals surface area (Å²) >= 11 is 5.91. The number of fused-ring (bicyclic) bond motifs is 1. The van der Waals surface area contributed by atoms with Crippen molar-refractivity contribution in [2.45, 2.75) is 0 Å². The van der Waals surface area contributed by atoms with Crippen LogP contribution in [0.5, 0.6) is 11.5 Å². The minimum atomic E-state index is 0.0237. The predicted octanol–water partition coefficient (Wildman–Crippen LogP) is 3.49. The molecule has 1 amide bonds. The van der Waals surface area contributed by atoms with Gasteiger partial charge in [0.05, 0.1) is 5.69 Å². The molecule has 30 heavy (non-hydrogen) atoms. The molecular formula is C22H19ClN4O3. The van der Waals surface area contributed by atoms with E-state index in [-0.39, 0.29) is 12.7 Å². The first-order valence-electron chi connectivity index (χ1n) is 9.71. The van der Waals surface area contributed by atoms with Gasteiger partial charge in [-0.1, -0.05) is 11.6 Å². The van der Waals surface area contributed by atoms with Crippen molar-refractivity contribution in [1.82, 2.24) is 15.1 Å². The maximum Gasteiger partial charge on any atom is 0.253 e. The van der Waals surface area contributed by atoms with Crippen molar-refractivity contribution in [3.63, 3.8) is 0 Å². The van der Waals surface area contributed by atoms with Crippen molar-refractivity contribution in [1.29, 1.82) is 0 Å². The highest BCUT2D eigenvalue weighted by molar-refractivity contribution is 6.30. The van der Waals surface area contributed by atoms with Crippen molar-refractivity contribution >= 4 is 23.3 Å². The molecule has 7 nitrogen and oxygen atoms in total. The van der Waals surface area contributed by atoms with Gasteiger partial charge in [-0.25, -0.2) is 0 Å². The van der Waals surface area contributed by atoms with Gasteiger partial charge < -0.3 is 19.3 Å². The number of nitrogens with zero attached hydrogens (tertiary/aromatic N) is 4. The fourth-order valence-electron chi connectivity index (χ4n) is 3.62. The van der Waals surface area contributed by atoms with Crippen LogP contribution in [0.4, 0.5) is 5.82 Å². The lowest BCUT2D eigenvalue weighted by molar-refractivity contribution is 0.0746. The van der Waals surface area contributed by atoms with Gasteiger partial charge in [0.1, 0.15) is 0 Å². The predicted molar refractivity (Wildman–Crippen MR) is 113 cm³/mol. The molecule has 0 spiro atoms. The highest BCUT2D eigenvalue weighted by Crippen LogP contribution is 2.35. The van der Waals surface area contributed by atoms with Gasteiger partial charge >= 0.3 is 0 Å². The Morgan fingerprint density at radius 1 is 0.867 bits per heavy atom. The molecule has 0 bridgehead atoms. The number of ether oxygens (including phenoxy) is 2. The van der Waals surface area contributed by atoms with Crippen LogP contribution < -0.4 is 14.4 Å². The Labute approximate surface area is 178 Å². The van der Waals surface area contributed by atoms with Gasteiger partial charge in [0.2, 0.25) is 6.79 Å². The number of halogens is 1. The molecule has 2 aliphatic heterocycles. The number of hydrogen-bond acceptors (Lipinski definition) is 6. The minimum absolute atomic E-state index is 0.0237. The molecule has 0 saturated carbocycles. The zero-order valence-electron chi connectivity index (χ0n) is 16.1. The number of benzene rings is 2. The second kappa shape index (κ2) is 7.84. The molecule has 2 aromatic carbocycles. The molecule has 152 valence electrons. The second-order valence-electron chi connectivity index (χ2n) is 7.13. The summed E-state index contributed by atoms with van der Waals surface area (Å²) < 4.78 is 10.8. The third kappa shape index (κ3) is 3.64. The first-order valence-corrected chi connectivity index (χ1v) is 10.1. The van der Waals surface area contributed by atoms with Gasteiger partial charge in [-0.3, -0.25) is 4.79 Å². The molecule has 1 fully saturated rings. The molecule has 0 radical (unpaired) electrons. The second-order valence-corrected chi connectivity index (χ2v) is 7.57. The Kier molecular flexibility index (Phi) is 4.88. The molecule has 1 aromatic heterocycles. The zero-order valence-corrected chi connectivity index (χ0v) is 16.9. The Balaban J connectivity index is 1.23. The largest absolute Gasteiger partial charge is 0.454 e. The average Bonchev–Trinajstić information content (AvgIpc) is 3.27. The molecule has 0 aliphatic carbocycles. The van der Waals surface area contributed by atoms with Crippen LogP contribution in [0, 0.1) is 0 Å². The van der Waals surface area contributed by atoms with E-state index in [1.54, 1.807) is 24.3 Å². The topological polar surface area (TPSA) is 67.8 Å². The molecule has 5 rings (SSSR count). The number of aromatic nitrogens is 2. The molecule has 2 aliphatic rings. The highest BCUT2D eigenvalue weighted by atomic mass is 35.5. The van der Waals surface area contributed by atoms with E-state index in [2.05, 4.69) is 15.1 Å². The number of rotatable bonds is 3. The number of hydrogen-bond donors (Lipinski definition) is 0. The molecule has 3 aromatic rings. The number of carbonyl (C=O) groups excluding carboxylic acids is 1. The number of piperazine rings is 1. The van der Waals surface area contributed by atoms with Crippen molar-refractivity contribution < 1.29 is 14.3 Å². The Morgan fingerprint density at radius 2 is 1.63 bits per heavy atom. The molecule has 3 heterocycles. The normalized spacial score (nSPS) is 15.4. The van der Waals surface area contributed by atoms with E-state index < -0.39 is 0 Å². The summed E-state index contributed by atoms with van der Waals surface area (Å²) in [6.45, 7) is 2.92. The van der Waals surface area contributed by atoms with E-state index in [9.17, 15) is 4.79 Å². The fraction of sp³-hybridized carbons (Fsp3) is 0.227. The van der Waals surface area contributed by atoms with Crippen LogP contribution in [-0.4, -0.2) is 54.0 Å². The zero-order chi connectivity index (χ0) is 20.5. The number of amides is 1. The molecule has 0 atom stereocenters. The fourth-order valence-corrected chi connectivity index (χ4v) is 3.74. The molecular weight excluding hydrogens is 404 g/mol. The van der Waals surface area contributed by atoms with Crippen LogP contribution in [0.25, 0.3) is 11.3 Å². The van der Waals surface area contributed by atoms with Gasteiger partial charge in [-0.2, -0.15) is 0 Å². The maximum absolute atomic E-state index is 12.7. The lowest BCUT2D eigenvalue weighted by Gasteiger charge is -2.35. The summed E-state index contributed by atoms with van der Waals surface area (Å²) in [5.41, 5.74) is 2.35. The van der Waals surface area contributed by atoms with Crippen LogP contribution in [0.1, 0.15) is 10.4 Å². The smallest absolute Gasteiger partial charge is 0.253 e. The van der Waals surface area contributed by atoms with Crippen LogP contribution >= 0.6 is 11.6 Å². The lowest BCUT2D eigenvalue weighted by Crippen LogP contribution is -2.49. The van der Waals surface area contributed by atoms with E-state index in [0.29, 0.717) is 36.8 Å². The maximum atomic E-state index is 12.7. The van der Waals surface area contributed by atoms with Gasteiger partial charge in [-0.05, 0) is 54.6 Å². The number of anilines is 1. The third-order valence-electron chi connectivity index (χ3n) is 5.30. The van der Waals surface area contributed by atoms with E-state index >= 15 is 0 Å². The minimum Gasteiger partial charge on any atom is -0.454 e. The van der Waals surface area contributed by atoms with Crippen LogP contribution in [0.2, 0.25) is 5.02 Å². The molecule has 8 heteroatoms. The van der Waals surface area contributed by atoms with E-state index in [4.69, 9.17) is 21.1 Å². The monoisotopic (exact) mass is 422 g/mol. The van der Waals surface area contributed by atoms with Crippen LogP contribution in [-0.2, 0) is 0 Å². The van der Waals surface area contributed by atoms with Crippen molar-refractivity contribution in [2.24, 2.45) is 0 Å². The van der Waals surface area contributed by atoms with Crippen LogP contribution in [0.3, 0.4) is 0 Å². The van der Waals surface area contributed by atoms with Crippen molar-refractivity contribution in [3.05, 3.63) is 65.2 Å². The molecule has 0 unspecified atom stereocenters.